The van der Waals surface area contributed by atoms with Crippen LogP contribution in [-0.4, -0.2) is 35.9 Å². The van der Waals surface area contributed by atoms with Crippen LogP contribution in [-0.2, 0) is 0 Å². The molecule has 0 aromatic heterocycles. The summed E-state index contributed by atoms with van der Waals surface area (Å²) in [4.78, 5) is 11.5. The van der Waals surface area contributed by atoms with Crippen LogP contribution in [0.2, 0.25) is 5.02 Å². The number of hydrogen-bond donors (Lipinski definition) is 3. The van der Waals surface area contributed by atoms with Crippen LogP contribution >= 0.6 is 11.6 Å². The molecule has 0 aliphatic heterocycles. The molecule has 0 saturated heterocycles. The van der Waals surface area contributed by atoms with Crippen molar-refractivity contribution in [2.24, 2.45) is 0 Å². The first-order valence-corrected chi connectivity index (χ1v) is 6.80. The molecule has 1 atom stereocenters. The van der Waals surface area contributed by atoms with E-state index in [2.05, 4.69) is 10.6 Å². The van der Waals surface area contributed by atoms with E-state index in [0.717, 1.165) is 0 Å². The molecule has 0 radical (unpaired) electrons. The lowest BCUT2D eigenvalue weighted by Crippen LogP contribution is -2.45. The van der Waals surface area contributed by atoms with E-state index in [0.29, 0.717) is 17.3 Å². The van der Waals surface area contributed by atoms with Gasteiger partial charge < -0.3 is 20.5 Å². The molecule has 0 fully saturated rings. The minimum absolute atomic E-state index is 0.183. The first kappa shape index (κ1) is 16.6. The highest BCUT2D eigenvalue weighted by molar-refractivity contribution is 6.30. The van der Waals surface area contributed by atoms with Crippen molar-refractivity contribution in [3.8, 4) is 5.75 Å². The Morgan fingerprint density at radius 1 is 1.45 bits per heavy atom. The number of rotatable bonds is 6. The van der Waals surface area contributed by atoms with Crippen molar-refractivity contribution in [3.63, 3.8) is 0 Å². The highest BCUT2D eigenvalue weighted by Crippen LogP contribution is 2.18. The second-order valence-corrected chi connectivity index (χ2v) is 5.70. The summed E-state index contributed by atoms with van der Waals surface area (Å²) in [6.07, 6.45) is -0.193. The molecule has 1 unspecified atom stereocenters. The van der Waals surface area contributed by atoms with Crippen molar-refractivity contribution in [2.45, 2.75) is 32.5 Å². The maximum atomic E-state index is 11.5. The Morgan fingerprint density at radius 2 is 2.15 bits per heavy atom. The second-order valence-electron chi connectivity index (χ2n) is 5.26. The van der Waals surface area contributed by atoms with E-state index in [4.69, 9.17) is 16.3 Å². The van der Waals surface area contributed by atoms with E-state index in [1.807, 2.05) is 6.92 Å². The molecule has 1 aromatic carbocycles. The minimum atomic E-state index is -0.930. The Labute approximate surface area is 124 Å². The number of aliphatic hydroxyl groups is 1. The summed E-state index contributed by atoms with van der Waals surface area (Å²) in [5, 5.41) is 15.3. The molecule has 2 amide bonds. The van der Waals surface area contributed by atoms with Gasteiger partial charge in [0.1, 0.15) is 11.9 Å². The molecular formula is C14H21ClN2O3. The number of ether oxygens (including phenoxy) is 1. The van der Waals surface area contributed by atoms with Crippen molar-refractivity contribution < 1.29 is 14.6 Å². The fraction of sp³-hybridized carbons (Fsp3) is 0.500. The SMILES string of the molecule is CC(CNC(=O)NCC(C)(C)O)Oc1cccc(Cl)c1. The maximum Gasteiger partial charge on any atom is 0.315 e. The zero-order chi connectivity index (χ0) is 15.2. The summed E-state index contributed by atoms with van der Waals surface area (Å²) in [5.41, 5.74) is -0.930. The van der Waals surface area contributed by atoms with Gasteiger partial charge in [0.15, 0.2) is 0 Å². The molecule has 0 aliphatic carbocycles. The number of benzene rings is 1. The molecule has 5 nitrogen and oxygen atoms in total. The maximum absolute atomic E-state index is 11.5. The third kappa shape index (κ3) is 7.21. The Hall–Kier alpha value is -1.46. The molecule has 112 valence electrons. The first-order valence-electron chi connectivity index (χ1n) is 6.42. The van der Waals surface area contributed by atoms with Gasteiger partial charge in [-0.3, -0.25) is 0 Å². The molecule has 6 heteroatoms. The molecule has 1 rings (SSSR count). The van der Waals surface area contributed by atoms with Crippen LogP contribution < -0.4 is 15.4 Å². The van der Waals surface area contributed by atoms with Gasteiger partial charge in [0.25, 0.3) is 0 Å². The summed E-state index contributed by atoms with van der Waals surface area (Å²) in [5.74, 6) is 0.656. The Morgan fingerprint density at radius 3 is 2.75 bits per heavy atom. The summed E-state index contributed by atoms with van der Waals surface area (Å²) in [6, 6.07) is 6.74. The zero-order valence-electron chi connectivity index (χ0n) is 11.9. The van der Waals surface area contributed by atoms with Gasteiger partial charge in [-0.05, 0) is 39.0 Å². The molecule has 0 bridgehead atoms. The minimum Gasteiger partial charge on any atom is -0.489 e. The van der Waals surface area contributed by atoms with Gasteiger partial charge in [0.2, 0.25) is 0 Å². The summed E-state index contributed by atoms with van der Waals surface area (Å²) >= 11 is 5.86. The number of amides is 2. The number of nitrogens with one attached hydrogen (secondary N) is 2. The molecule has 0 aliphatic rings. The van der Waals surface area contributed by atoms with Gasteiger partial charge in [0, 0.05) is 11.6 Å². The number of carbonyl (C=O) groups excluding carboxylic acids is 1. The fourth-order valence-electron chi connectivity index (χ4n) is 1.41. The third-order valence-electron chi connectivity index (χ3n) is 2.36. The lowest BCUT2D eigenvalue weighted by molar-refractivity contribution is 0.0818. The predicted molar refractivity (Wildman–Crippen MR) is 79.2 cm³/mol. The van der Waals surface area contributed by atoms with E-state index < -0.39 is 5.60 Å². The average Bonchev–Trinajstić information content (AvgIpc) is 2.33. The van der Waals surface area contributed by atoms with Gasteiger partial charge in [0.05, 0.1) is 12.1 Å². The lowest BCUT2D eigenvalue weighted by Gasteiger charge is -2.19. The Kier molecular flexibility index (Phi) is 6.10. The largest absolute Gasteiger partial charge is 0.489 e. The highest BCUT2D eigenvalue weighted by atomic mass is 35.5. The number of urea groups is 1. The number of hydrogen-bond acceptors (Lipinski definition) is 3. The van der Waals surface area contributed by atoms with Crippen LogP contribution in [0, 0.1) is 0 Å². The third-order valence-corrected chi connectivity index (χ3v) is 2.60. The van der Waals surface area contributed by atoms with Crippen molar-refractivity contribution in [3.05, 3.63) is 29.3 Å². The van der Waals surface area contributed by atoms with Gasteiger partial charge in [-0.2, -0.15) is 0 Å². The summed E-state index contributed by atoms with van der Waals surface area (Å²) in [6.45, 7) is 5.63. The highest BCUT2D eigenvalue weighted by Gasteiger charge is 2.14. The summed E-state index contributed by atoms with van der Waals surface area (Å²) < 4.78 is 5.61. The Balaban J connectivity index is 2.29. The number of carbonyl (C=O) groups is 1. The average molecular weight is 301 g/mol. The molecule has 0 heterocycles. The fourth-order valence-corrected chi connectivity index (χ4v) is 1.59. The van der Waals surface area contributed by atoms with Gasteiger partial charge in [-0.15, -0.1) is 0 Å². The van der Waals surface area contributed by atoms with Crippen LogP contribution in [0.5, 0.6) is 5.75 Å². The molecule has 0 spiro atoms. The van der Waals surface area contributed by atoms with E-state index in [1.54, 1.807) is 38.1 Å². The van der Waals surface area contributed by atoms with Gasteiger partial charge >= 0.3 is 6.03 Å². The van der Waals surface area contributed by atoms with Crippen LogP contribution in [0.3, 0.4) is 0 Å². The van der Waals surface area contributed by atoms with Crippen molar-refractivity contribution >= 4 is 17.6 Å². The van der Waals surface area contributed by atoms with Crippen molar-refractivity contribution in [1.29, 1.82) is 0 Å². The van der Waals surface area contributed by atoms with Crippen LogP contribution in [0.4, 0.5) is 4.79 Å². The summed E-state index contributed by atoms with van der Waals surface area (Å²) in [7, 11) is 0. The van der Waals surface area contributed by atoms with Crippen LogP contribution in [0.25, 0.3) is 0 Å². The van der Waals surface area contributed by atoms with Crippen molar-refractivity contribution in [1.82, 2.24) is 10.6 Å². The van der Waals surface area contributed by atoms with E-state index >= 15 is 0 Å². The van der Waals surface area contributed by atoms with Crippen LogP contribution in [0.1, 0.15) is 20.8 Å². The monoisotopic (exact) mass is 300 g/mol. The molecular weight excluding hydrogens is 280 g/mol. The standard InChI is InChI=1S/C14H21ClN2O3/c1-10(20-12-6-4-5-11(15)7-12)8-16-13(18)17-9-14(2,3)19/h4-7,10,19H,8-9H2,1-3H3,(H2,16,17,18). The molecule has 1 aromatic rings. The van der Waals surface area contributed by atoms with E-state index in [-0.39, 0.29) is 18.7 Å². The number of halogens is 1. The van der Waals surface area contributed by atoms with Gasteiger partial charge in [-0.1, -0.05) is 17.7 Å². The topological polar surface area (TPSA) is 70.6 Å². The van der Waals surface area contributed by atoms with E-state index in [9.17, 15) is 9.90 Å². The van der Waals surface area contributed by atoms with Crippen LogP contribution in [0.15, 0.2) is 24.3 Å². The molecule has 20 heavy (non-hydrogen) atoms. The van der Waals surface area contributed by atoms with Gasteiger partial charge in [-0.25, -0.2) is 4.79 Å². The molecule has 3 N–H and O–H groups in total. The molecule has 0 saturated carbocycles. The second kappa shape index (κ2) is 7.36. The smallest absolute Gasteiger partial charge is 0.315 e. The first-order chi connectivity index (χ1) is 9.26. The lowest BCUT2D eigenvalue weighted by atomic mass is 10.1. The van der Waals surface area contributed by atoms with Crippen molar-refractivity contribution in [2.75, 3.05) is 13.1 Å². The quantitative estimate of drug-likeness (QED) is 0.754. The normalized spacial score (nSPS) is 12.7. The zero-order valence-corrected chi connectivity index (χ0v) is 12.7. The predicted octanol–water partition coefficient (Wildman–Crippen LogP) is 2.18. The van der Waals surface area contributed by atoms with E-state index in [1.165, 1.54) is 0 Å². The Bertz CT molecular complexity index is 446.